The third kappa shape index (κ3) is 3.43. The second-order valence-electron chi connectivity index (χ2n) is 4.74. The van der Waals surface area contributed by atoms with Gasteiger partial charge in [0.1, 0.15) is 0 Å². The number of nitrogens with one attached hydrogen (secondary N) is 1. The molecule has 1 aromatic rings. The van der Waals surface area contributed by atoms with Gasteiger partial charge in [-0.3, -0.25) is 4.98 Å². The molecule has 0 aromatic carbocycles. The first kappa shape index (κ1) is 13.3. The molecule has 1 saturated heterocycles. The van der Waals surface area contributed by atoms with Crippen molar-refractivity contribution in [3.63, 3.8) is 0 Å². The molecular formula is C14H23N3O. The molecule has 2 heterocycles. The molecule has 4 nitrogen and oxygen atoms in total. The summed E-state index contributed by atoms with van der Waals surface area (Å²) in [5.74, 6) is 0. The average Bonchev–Trinajstić information content (AvgIpc) is 2.45. The molecule has 0 saturated carbocycles. The van der Waals surface area contributed by atoms with Gasteiger partial charge in [-0.2, -0.15) is 0 Å². The zero-order valence-electron chi connectivity index (χ0n) is 11.4. The molecule has 0 spiro atoms. The van der Waals surface area contributed by atoms with Crippen molar-refractivity contribution in [3.05, 3.63) is 24.0 Å². The molecule has 1 N–H and O–H groups in total. The Hall–Kier alpha value is -1.13. The molecule has 4 heteroatoms. The van der Waals surface area contributed by atoms with Gasteiger partial charge >= 0.3 is 0 Å². The van der Waals surface area contributed by atoms with Crippen LogP contribution in [0.4, 0.5) is 5.69 Å². The number of pyridine rings is 1. The summed E-state index contributed by atoms with van der Waals surface area (Å²) in [5, 5.41) is 3.31. The number of anilines is 1. The second-order valence-corrected chi connectivity index (χ2v) is 4.74. The topological polar surface area (TPSA) is 37.4 Å². The van der Waals surface area contributed by atoms with Crippen LogP contribution in [0.1, 0.15) is 25.5 Å². The van der Waals surface area contributed by atoms with Crippen LogP contribution in [0, 0.1) is 0 Å². The predicted octanol–water partition coefficient (Wildman–Crippen LogP) is 1.81. The van der Waals surface area contributed by atoms with E-state index < -0.39 is 0 Å². The van der Waals surface area contributed by atoms with E-state index >= 15 is 0 Å². The number of nitrogens with zero attached hydrogens (tertiary/aromatic N) is 2. The zero-order valence-corrected chi connectivity index (χ0v) is 11.4. The lowest BCUT2D eigenvalue weighted by Crippen LogP contribution is -2.36. The van der Waals surface area contributed by atoms with Gasteiger partial charge in [-0.25, -0.2) is 0 Å². The second kappa shape index (κ2) is 6.71. The zero-order chi connectivity index (χ0) is 12.8. The van der Waals surface area contributed by atoms with Gasteiger partial charge in [0.2, 0.25) is 0 Å². The molecule has 0 aliphatic carbocycles. The highest BCUT2D eigenvalue weighted by molar-refractivity contribution is 5.46. The van der Waals surface area contributed by atoms with Crippen LogP contribution >= 0.6 is 0 Å². The van der Waals surface area contributed by atoms with E-state index in [0.29, 0.717) is 6.04 Å². The summed E-state index contributed by atoms with van der Waals surface area (Å²) in [6.45, 7) is 5.68. The van der Waals surface area contributed by atoms with Crippen molar-refractivity contribution in [1.82, 2.24) is 10.3 Å². The highest BCUT2D eigenvalue weighted by Gasteiger charge is 2.18. The van der Waals surface area contributed by atoms with E-state index in [1.807, 2.05) is 6.20 Å². The Bertz CT molecular complexity index is 364. The third-order valence-electron chi connectivity index (χ3n) is 3.50. The number of ether oxygens (including phenoxy) is 1. The SMILES string of the molecule is CCNCc1cc(N(C)C2CCOCC2)ccn1. The highest BCUT2D eigenvalue weighted by atomic mass is 16.5. The predicted molar refractivity (Wildman–Crippen MR) is 73.9 cm³/mol. The Kier molecular flexibility index (Phi) is 4.96. The molecule has 18 heavy (non-hydrogen) atoms. The fourth-order valence-electron chi connectivity index (χ4n) is 2.32. The van der Waals surface area contributed by atoms with Gasteiger partial charge in [0.05, 0.1) is 5.69 Å². The molecule has 2 rings (SSSR count). The number of hydrogen-bond donors (Lipinski definition) is 1. The van der Waals surface area contributed by atoms with E-state index in [4.69, 9.17) is 4.74 Å². The first-order valence-electron chi connectivity index (χ1n) is 6.77. The quantitative estimate of drug-likeness (QED) is 0.863. The fourth-order valence-corrected chi connectivity index (χ4v) is 2.32. The van der Waals surface area contributed by atoms with Crippen molar-refractivity contribution in [1.29, 1.82) is 0 Å². The first-order chi connectivity index (χ1) is 8.81. The van der Waals surface area contributed by atoms with Gasteiger partial charge in [0, 0.05) is 44.7 Å². The monoisotopic (exact) mass is 249 g/mol. The van der Waals surface area contributed by atoms with E-state index in [-0.39, 0.29) is 0 Å². The summed E-state index contributed by atoms with van der Waals surface area (Å²) in [6, 6.07) is 4.86. The van der Waals surface area contributed by atoms with Crippen molar-refractivity contribution >= 4 is 5.69 Å². The summed E-state index contributed by atoms with van der Waals surface area (Å²) < 4.78 is 5.41. The van der Waals surface area contributed by atoms with Crippen LogP contribution in [-0.4, -0.2) is 37.8 Å². The van der Waals surface area contributed by atoms with E-state index in [0.717, 1.165) is 44.8 Å². The molecule has 1 aliphatic heterocycles. The third-order valence-corrected chi connectivity index (χ3v) is 3.50. The minimum absolute atomic E-state index is 0.591. The Morgan fingerprint density at radius 1 is 1.44 bits per heavy atom. The maximum absolute atomic E-state index is 5.41. The van der Waals surface area contributed by atoms with Gasteiger partial charge in [-0.05, 0) is 31.5 Å². The van der Waals surface area contributed by atoms with E-state index in [1.165, 1.54) is 5.69 Å². The molecule has 1 fully saturated rings. The minimum Gasteiger partial charge on any atom is -0.381 e. The molecule has 100 valence electrons. The number of rotatable bonds is 5. The normalized spacial score (nSPS) is 16.8. The Morgan fingerprint density at radius 2 is 2.22 bits per heavy atom. The van der Waals surface area contributed by atoms with E-state index in [2.05, 4.69) is 41.3 Å². The Labute approximate surface area is 109 Å². The lowest BCUT2D eigenvalue weighted by molar-refractivity contribution is 0.0855. The molecule has 0 atom stereocenters. The van der Waals surface area contributed by atoms with Crippen LogP contribution in [0.25, 0.3) is 0 Å². The van der Waals surface area contributed by atoms with Gasteiger partial charge < -0.3 is 15.0 Å². The summed E-state index contributed by atoms with van der Waals surface area (Å²) in [6.07, 6.45) is 4.13. The average molecular weight is 249 g/mol. The molecule has 1 aliphatic rings. The number of aromatic nitrogens is 1. The van der Waals surface area contributed by atoms with Crippen LogP contribution in [0.3, 0.4) is 0 Å². The van der Waals surface area contributed by atoms with E-state index in [1.54, 1.807) is 0 Å². The lowest BCUT2D eigenvalue weighted by Gasteiger charge is -2.33. The van der Waals surface area contributed by atoms with Crippen molar-refractivity contribution in [2.75, 3.05) is 31.7 Å². The van der Waals surface area contributed by atoms with Crippen LogP contribution in [0.5, 0.6) is 0 Å². The van der Waals surface area contributed by atoms with Crippen molar-refractivity contribution in [2.45, 2.75) is 32.4 Å². The minimum atomic E-state index is 0.591. The summed E-state index contributed by atoms with van der Waals surface area (Å²) in [5.41, 5.74) is 2.36. The fraction of sp³-hybridized carbons (Fsp3) is 0.643. The van der Waals surface area contributed by atoms with Crippen LogP contribution in [0.15, 0.2) is 18.3 Å². The van der Waals surface area contributed by atoms with Crippen molar-refractivity contribution in [3.8, 4) is 0 Å². The summed E-state index contributed by atoms with van der Waals surface area (Å²) in [7, 11) is 2.17. The first-order valence-corrected chi connectivity index (χ1v) is 6.77. The number of hydrogen-bond acceptors (Lipinski definition) is 4. The Balaban J connectivity index is 2.02. The van der Waals surface area contributed by atoms with Gasteiger partial charge in [-0.1, -0.05) is 6.92 Å². The summed E-state index contributed by atoms with van der Waals surface area (Å²) >= 11 is 0. The van der Waals surface area contributed by atoms with Crippen molar-refractivity contribution < 1.29 is 4.74 Å². The van der Waals surface area contributed by atoms with Crippen LogP contribution in [0.2, 0.25) is 0 Å². The molecular weight excluding hydrogens is 226 g/mol. The molecule has 0 bridgehead atoms. The standard InChI is InChI=1S/C14H23N3O/c1-3-15-11-12-10-14(4-7-16-12)17(2)13-5-8-18-9-6-13/h4,7,10,13,15H,3,5-6,8-9,11H2,1-2H3. The molecule has 1 aromatic heterocycles. The van der Waals surface area contributed by atoms with Crippen molar-refractivity contribution in [2.24, 2.45) is 0 Å². The lowest BCUT2D eigenvalue weighted by atomic mass is 10.1. The molecule has 0 unspecified atom stereocenters. The maximum Gasteiger partial charge on any atom is 0.0562 e. The summed E-state index contributed by atoms with van der Waals surface area (Å²) in [4.78, 5) is 6.75. The van der Waals surface area contributed by atoms with Gasteiger partial charge in [-0.15, -0.1) is 0 Å². The maximum atomic E-state index is 5.41. The smallest absolute Gasteiger partial charge is 0.0562 e. The Morgan fingerprint density at radius 3 is 2.94 bits per heavy atom. The largest absolute Gasteiger partial charge is 0.381 e. The van der Waals surface area contributed by atoms with Gasteiger partial charge in [0.15, 0.2) is 0 Å². The molecule has 0 amide bonds. The highest BCUT2D eigenvalue weighted by Crippen LogP contribution is 2.21. The van der Waals surface area contributed by atoms with E-state index in [9.17, 15) is 0 Å². The van der Waals surface area contributed by atoms with Gasteiger partial charge in [0.25, 0.3) is 0 Å². The van der Waals surface area contributed by atoms with Crippen LogP contribution < -0.4 is 10.2 Å². The van der Waals surface area contributed by atoms with Crippen LogP contribution in [-0.2, 0) is 11.3 Å². The molecule has 0 radical (unpaired) electrons.